The van der Waals surface area contributed by atoms with Crippen LogP contribution in [0.1, 0.15) is 133 Å². The van der Waals surface area contributed by atoms with Gasteiger partial charge in [-0.25, -0.2) is 4.98 Å². The molecule has 1 saturated heterocycles. The Hall–Kier alpha value is -2.62. The van der Waals surface area contributed by atoms with E-state index in [2.05, 4.69) is 54.8 Å². The summed E-state index contributed by atoms with van der Waals surface area (Å²) in [5, 5.41) is 0. The number of hydrogen-bond acceptors (Lipinski definition) is 2. The lowest BCUT2D eigenvalue weighted by Crippen LogP contribution is -2.24. The molecule has 4 heteroatoms. The lowest BCUT2D eigenvalue weighted by atomic mass is 10.0. The molecule has 218 valence electrons. The van der Waals surface area contributed by atoms with E-state index >= 15 is 0 Å². The third kappa shape index (κ3) is 8.94. The maximum Gasteiger partial charge on any atom is 0.227 e. The van der Waals surface area contributed by atoms with Gasteiger partial charge < -0.3 is 9.47 Å². The summed E-state index contributed by atoms with van der Waals surface area (Å²) in [5.41, 5.74) is 4.45. The number of para-hydroxylation sites is 2. The molecule has 0 aliphatic carbocycles. The Labute approximate surface area is 243 Å². The number of benzene rings is 2. The van der Waals surface area contributed by atoms with Crippen LogP contribution in [-0.2, 0) is 11.3 Å². The summed E-state index contributed by atoms with van der Waals surface area (Å²) in [6, 6.07) is 16.8. The zero-order chi connectivity index (χ0) is 28.0. The van der Waals surface area contributed by atoms with Gasteiger partial charge in [-0.1, -0.05) is 128 Å². The molecule has 0 saturated carbocycles. The van der Waals surface area contributed by atoms with Crippen molar-refractivity contribution in [2.45, 2.75) is 135 Å². The van der Waals surface area contributed by atoms with Crippen LogP contribution in [0, 0.1) is 6.92 Å². The lowest BCUT2D eigenvalue weighted by molar-refractivity contribution is -0.117. The third-order valence-corrected chi connectivity index (χ3v) is 8.72. The zero-order valence-corrected chi connectivity index (χ0v) is 25.4. The highest BCUT2D eigenvalue weighted by Gasteiger charge is 2.34. The fraction of sp³-hybridized carbons (Fsp3) is 0.611. The first-order valence-corrected chi connectivity index (χ1v) is 16.5. The molecule has 1 atom stereocenters. The van der Waals surface area contributed by atoms with Crippen LogP contribution in [0.15, 0.2) is 48.5 Å². The summed E-state index contributed by atoms with van der Waals surface area (Å²) in [6.45, 7) is 6.08. The van der Waals surface area contributed by atoms with E-state index in [4.69, 9.17) is 4.98 Å². The van der Waals surface area contributed by atoms with Crippen LogP contribution < -0.4 is 4.90 Å². The number of carbonyl (C=O) groups excluding carboxylic acids is 1. The van der Waals surface area contributed by atoms with Crippen molar-refractivity contribution in [3.63, 3.8) is 0 Å². The number of rotatable bonds is 19. The molecule has 1 fully saturated rings. The van der Waals surface area contributed by atoms with E-state index in [1.165, 1.54) is 114 Å². The molecule has 2 aromatic carbocycles. The molecule has 1 aromatic heterocycles. The number of aryl methyl sites for hydroxylation is 2. The van der Waals surface area contributed by atoms with Crippen LogP contribution in [0.5, 0.6) is 0 Å². The van der Waals surface area contributed by atoms with Crippen molar-refractivity contribution in [1.82, 2.24) is 9.55 Å². The predicted octanol–water partition coefficient (Wildman–Crippen LogP) is 10.1. The highest BCUT2D eigenvalue weighted by molar-refractivity contribution is 5.96. The fourth-order valence-corrected chi connectivity index (χ4v) is 6.38. The number of anilines is 1. The van der Waals surface area contributed by atoms with Crippen molar-refractivity contribution >= 4 is 22.6 Å². The fourth-order valence-electron chi connectivity index (χ4n) is 6.38. The standard InChI is InChI=1S/C36H53N3O/c1-3-4-5-6-7-8-9-10-11-12-13-14-15-16-17-20-26-38-34-25-19-18-24-33(34)37-36(38)31-28-35(40)39(29-31)32-23-21-22-30(2)27-32/h18-19,21-25,27,31H,3-17,20,26,28-29H2,1-2H3/t31-/m1/s1. The zero-order valence-electron chi connectivity index (χ0n) is 25.4. The van der Waals surface area contributed by atoms with Gasteiger partial charge in [-0.05, 0) is 43.2 Å². The van der Waals surface area contributed by atoms with Crippen molar-refractivity contribution in [3.8, 4) is 0 Å². The first kappa shape index (κ1) is 30.3. The molecule has 0 unspecified atom stereocenters. The first-order chi connectivity index (χ1) is 19.7. The average Bonchev–Trinajstić information content (AvgIpc) is 3.53. The molecular formula is C36H53N3O. The van der Waals surface area contributed by atoms with E-state index in [0.29, 0.717) is 13.0 Å². The molecule has 4 nitrogen and oxygen atoms in total. The molecule has 1 aliphatic heterocycles. The van der Waals surface area contributed by atoms with Gasteiger partial charge in [0.05, 0.1) is 11.0 Å². The predicted molar refractivity (Wildman–Crippen MR) is 170 cm³/mol. The smallest absolute Gasteiger partial charge is 0.227 e. The molecule has 4 rings (SSSR count). The van der Waals surface area contributed by atoms with Crippen molar-refractivity contribution in [2.75, 3.05) is 11.4 Å². The van der Waals surface area contributed by atoms with Crippen LogP contribution in [0.25, 0.3) is 11.0 Å². The van der Waals surface area contributed by atoms with Gasteiger partial charge >= 0.3 is 0 Å². The van der Waals surface area contributed by atoms with Gasteiger partial charge in [0, 0.05) is 31.1 Å². The second-order valence-electron chi connectivity index (χ2n) is 12.2. The van der Waals surface area contributed by atoms with Crippen LogP contribution in [0.2, 0.25) is 0 Å². The van der Waals surface area contributed by atoms with Crippen molar-refractivity contribution in [3.05, 3.63) is 59.9 Å². The number of amides is 1. The van der Waals surface area contributed by atoms with Crippen molar-refractivity contribution < 1.29 is 4.79 Å². The van der Waals surface area contributed by atoms with Gasteiger partial charge in [0.1, 0.15) is 5.82 Å². The largest absolute Gasteiger partial charge is 0.328 e. The molecule has 1 amide bonds. The summed E-state index contributed by atoms with van der Waals surface area (Å²) in [7, 11) is 0. The number of nitrogens with zero attached hydrogens (tertiary/aromatic N) is 3. The average molecular weight is 544 g/mol. The Kier molecular flexibility index (Phi) is 12.6. The number of fused-ring (bicyclic) bond motifs is 1. The Morgan fingerprint density at radius 1 is 0.750 bits per heavy atom. The Balaban J connectivity index is 1.16. The summed E-state index contributed by atoms with van der Waals surface area (Å²) < 4.78 is 2.41. The molecule has 1 aliphatic rings. The summed E-state index contributed by atoms with van der Waals surface area (Å²) in [4.78, 5) is 20.0. The number of unbranched alkanes of at least 4 members (excludes halogenated alkanes) is 15. The molecule has 2 heterocycles. The minimum Gasteiger partial charge on any atom is -0.328 e. The molecule has 0 spiro atoms. The molecule has 3 aromatic rings. The van der Waals surface area contributed by atoms with Crippen LogP contribution in [-0.4, -0.2) is 22.0 Å². The minimum atomic E-state index is 0.140. The Morgan fingerprint density at radius 2 is 1.35 bits per heavy atom. The van der Waals surface area contributed by atoms with E-state index in [0.717, 1.165) is 23.6 Å². The van der Waals surface area contributed by atoms with E-state index in [9.17, 15) is 4.79 Å². The SMILES string of the molecule is CCCCCCCCCCCCCCCCCCn1c([C@@H]2CC(=O)N(c3cccc(C)c3)C2)nc2ccccc21. The third-order valence-electron chi connectivity index (χ3n) is 8.72. The molecule has 0 radical (unpaired) electrons. The minimum absolute atomic E-state index is 0.140. The normalized spacial score (nSPS) is 15.5. The summed E-state index contributed by atoms with van der Waals surface area (Å²) in [6.07, 6.45) is 22.7. The number of imidazole rings is 1. The highest BCUT2D eigenvalue weighted by atomic mass is 16.2. The van der Waals surface area contributed by atoms with Crippen molar-refractivity contribution in [1.29, 1.82) is 0 Å². The summed E-state index contributed by atoms with van der Waals surface area (Å²) >= 11 is 0. The van der Waals surface area contributed by atoms with Gasteiger partial charge in [-0.15, -0.1) is 0 Å². The molecule has 0 N–H and O–H groups in total. The second-order valence-corrected chi connectivity index (χ2v) is 12.2. The Bertz CT molecular complexity index is 1170. The maximum atomic E-state index is 13.0. The lowest BCUT2D eigenvalue weighted by Gasteiger charge is -2.18. The van der Waals surface area contributed by atoms with Gasteiger partial charge in [-0.2, -0.15) is 0 Å². The monoisotopic (exact) mass is 543 g/mol. The Morgan fingerprint density at radius 3 is 1.98 bits per heavy atom. The number of hydrogen-bond donors (Lipinski definition) is 0. The quantitative estimate of drug-likeness (QED) is 0.141. The first-order valence-electron chi connectivity index (χ1n) is 16.5. The molecule has 40 heavy (non-hydrogen) atoms. The number of aromatic nitrogens is 2. The van der Waals surface area contributed by atoms with Gasteiger partial charge in [0.2, 0.25) is 5.91 Å². The topological polar surface area (TPSA) is 38.1 Å². The second kappa shape index (κ2) is 16.6. The molecule has 0 bridgehead atoms. The van der Waals surface area contributed by atoms with E-state index in [1.54, 1.807) is 0 Å². The van der Waals surface area contributed by atoms with Crippen LogP contribution in [0.4, 0.5) is 5.69 Å². The van der Waals surface area contributed by atoms with Crippen molar-refractivity contribution in [2.24, 2.45) is 0 Å². The van der Waals surface area contributed by atoms with Gasteiger partial charge in [-0.3, -0.25) is 4.79 Å². The number of carbonyl (C=O) groups is 1. The van der Waals surface area contributed by atoms with E-state index in [-0.39, 0.29) is 11.8 Å². The molecular weight excluding hydrogens is 490 g/mol. The maximum absolute atomic E-state index is 13.0. The highest BCUT2D eigenvalue weighted by Crippen LogP contribution is 2.33. The van der Waals surface area contributed by atoms with Gasteiger partial charge in [0.25, 0.3) is 0 Å². The van der Waals surface area contributed by atoms with Crippen LogP contribution >= 0.6 is 0 Å². The van der Waals surface area contributed by atoms with Gasteiger partial charge in [0.15, 0.2) is 0 Å². The summed E-state index contributed by atoms with van der Waals surface area (Å²) in [5.74, 6) is 1.43. The van der Waals surface area contributed by atoms with E-state index in [1.807, 2.05) is 17.0 Å². The van der Waals surface area contributed by atoms with Crippen LogP contribution in [0.3, 0.4) is 0 Å². The van der Waals surface area contributed by atoms with E-state index < -0.39 is 0 Å².